The second kappa shape index (κ2) is 10.3. The number of hydrogen-bond acceptors (Lipinski definition) is 5. The molecule has 0 unspecified atom stereocenters. The lowest BCUT2D eigenvalue weighted by atomic mass is 9.83. The fraction of sp³-hybridized carbons (Fsp3) is 0.600. The normalized spacial score (nSPS) is 21.6. The van der Waals surface area contributed by atoms with Gasteiger partial charge in [-0.15, -0.1) is 0 Å². The Bertz CT molecular complexity index is 952. The Balaban J connectivity index is 1.32. The molecule has 0 bridgehead atoms. The third-order valence-corrected chi connectivity index (χ3v) is 6.76. The molecule has 2 atom stereocenters. The molecule has 0 aliphatic carbocycles. The van der Waals surface area contributed by atoms with E-state index in [-0.39, 0.29) is 18.1 Å². The molecular formula is C25H34N2O4. The van der Waals surface area contributed by atoms with Gasteiger partial charge in [0.2, 0.25) is 0 Å². The van der Waals surface area contributed by atoms with E-state index >= 15 is 0 Å². The third kappa shape index (κ3) is 5.48. The summed E-state index contributed by atoms with van der Waals surface area (Å²) in [6.07, 6.45) is 9.19. The van der Waals surface area contributed by atoms with Crippen LogP contribution in [0.2, 0.25) is 0 Å². The quantitative estimate of drug-likeness (QED) is 0.649. The Hall–Kier alpha value is -2.34. The van der Waals surface area contributed by atoms with E-state index in [0.717, 1.165) is 36.8 Å². The van der Waals surface area contributed by atoms with Gasteiger partial charge in [-0.25, -0.2) is 4.79 Å². The maximum absolute atomic E-state index is 12.4. The van der Waals surface area contributed by atoms with Crippen LogP contribution in [-0.4, -0.2) is 43.1 Å². The minimum absolute atomic E-state index is 0.0354. The highest BCUT2D eigenvalue weighted by Crippen LogP contribution is 2.30. The summed E-state index contributed by atoms with van der Waals surface area (Å²) in [5.41, 5.74) is 1.16. The maximum Gasteiger partial charge on any atom is 0.336 e. The van der Waals surface area contributed by atoms with E-state index in [1.165, 1.54) is 45.2 Å². The molecule has 0 saturated carbocycles. The number of rotatable bonds is 8. The number of hydrogen-bond donors (Lipinski definition) is 1. The van der Waals surface area contributed by atoms with Crippen molar-refractivity contribution in [3.8, 4) is 5.75 Å². The molecule has 1 aromatic carbocycles. The summed E-state index contributed by atoms with van der Waals surface area (Å²) in [4.78, 5) is 26.9. The van der Waals surface area contributed by atoms with Crippen LogP contribution in [0.25, 0.3) is 11.0 Å². The second-order valence-corrected chi connectivity index (χ2v) is 8.95. The van der Waals surface area contributed by atoms with Crippen molar-refractivity contribution in [2.24, 2.45) is 5.92 Å². The van der Waals surface area contributed by atoms with E-state index in [9.17, 15) is 9.59 Å². The van der Waals surface area contributed by atoms with Gasteiger partial charge in [-0.1, -0.05) is 19.8 Å². The Morgan fingerprint density at radius 1 is 1.19 bits per heavy atom. The Morgan fingerprint density at radius 3 is 2.94 bits per heavy atom. The summed E-state index contributed by atoms with van der Waals surface area (Å²) in [5.74, 6) is 0.968. The first kappa shape index (κ1) is 21.9. The highest BCUT2D eigenvalue weighted by atomic mass is 16.5. The number of aryl methyl sites for hydroxylation is 1. The largest absolute Gasteiger partial charge is 0.484 e. The van der Waals surface area contributed by atoms with Crippen LogP contribution < -0.4 is 15.7 Å². The van der Waals surface area contributed by atoms with Gasteiger partial charge in [0, 0.05) is 30.1 Å². The Kier molecular flexibility index (Phi) is 7.28. The van der Waals surface area contributed by atoms with E-state index < -0.39 is 0 Å². The first-order chi connectivity index (χ1) is 15.1. The zero-order valence-corrected chi connectivity index (χ0v) is 18.5. The number of fused-ring (bicyclic) bond motifs is 2. The Morgan fingerprint density at radius 2 is 2.06 bits per heavy atom. The van der Waals surface area contributed by atoms with E-state index in [4.69, 9.17) is 9.15 Å². The maximum atomic E-state index is 12.4. The molecule has 2 aliphatic heterocycles. The predicted molar refractivity (Wildman–Crippen MR) is 122 cm³/mol. The van der Waals surface area contributed by atoms with E-state index in [1.807, 2.05) is 12.1 Å². The van der Waals surface area contributed by atoms with Gasteiger partial charge in [-0.3, -0.25) is 4.79 Å². The minimum atomic E-state index is -0.349. The average Bonchev–Trinajstić information content (AvgIpc) is 2.79. The number of benzene rings is 1. The minimum Gasteiger partial charge on any atom is -0.484 e. The van der Waals surface area contributed by atoms with Crippen LogP contribution in [0.4, 0.5) is 0 Å². The van der Waals surface area contributed by atoms with Gasteiger partial charge in [0.05, 0.1) is 0 Å². The third-order valence-electron chi connectivity index (χ3n) is 6.76. The van der Waals surface area contributed by atoms with Crippen molar-refractivity contribution in [1.82, 2.24) is 10.2 Å². The zero-order chi connectivity index (χ0) is 21.6. The van der Waals surface area contributed by atoms with Gasteiger partial charge in [0.15, 0.2) is 6.61 Å². The van der Waals surface area contributed by atoms with Crippen molar-refractivity contribution < 1.29 is 13.9 Å². The van der Waals surface area contributed by atoms with E-state index in [1.54, 1.807) is 12.1 Å². The van der Waals surface area contributed by atoms with Crippen LogP contribution in [0.15, 0.2) is 33.5 Å². The summed E-state index contributed by atoms with van der Waals surface area (Å²) in [6.45, 7) is 5.22. The molecule has 3 heterocycles. The van der Waals surface area contributed by atoms with Crippen LogP contribution in [0.3, 0.4) is 0 Å². The smallest absolute Gasteiger partial charge is 0.336 e. The lowest BCUT2D eigenvalue weighted by Gasteiger charge is -2.44. The van der Waals surface area contributed by atoms with Crippen molar-refractivity contribution >= 4 is 16.9 Å². The summed E-state index contributed by atoms with van der Waals surface area (Å²) in [5, 5.41) is 4.00. The van der Waals surface area contributed by atoms with Crippen molar-refractivity contribution in [2.75, 3.05) is 26.2 Å². The first-order valence-electron chi connectivity index (χ1n) is 11.8. The summed E-state index contributed by atoms with van der Waals surface area (Å²) >= 11 is 0. The van der Waals surface area contributed by atoms with Gasteiger partial charge in [0.25, 0.3) is 5.91 Å². The molecule has 0 radical (unpaired) electrons. The molecule has 168 valence electrons. The molecule has 1 aromatic heterocycles. The van der Waals surface area contributed by atoms with E-state index in [2.05, 4.69) is 17.1 Å². The van der Waals surface area contributed by atoms with Crippen molar-refractivity contribution in [2.45, 2.75) is 64.3 Å². The van der Waals surface area contributed by atoms with Gasteiger partial charge in [-0.05, 0) is 75.2 Å². The number of ether oxygens (including phenoxy) is 1. The lowest BCUT2D eigenvalue weighted by Crippen LogP contribution is -2.51. The molecule has 1 amide bonds. The molecule has 2 aliphatic rings. The first-order valence-corrected chi connectivity index (χ1v) is 11.8. The molecule has 1 N–H and O–H groups in total. The molecule has 4 rings (SSSR count). The Labute approximate surface area is 183 Å². The number of carbonyl (C=O) groups is 1. The molecule has 2 aromatic rings. The van der Waals surface area contributed by atoms with Crippen molar-refractivity contribution in [3.63, 3.8) is 0 Å². The van der Waals surface area contributed by atoms with Crippen LogP contribution in [0.5, 0.6) is 5.75 Å². The average molecular weight is 427 g/mol. The molecule has 6 nitrogen and oxygen atoms in total. The van der Waals surface area contributed by atoms with Gasteiger partial charge in [0.1, 0.15) is 11.3 Å². The highest BCUT2D eigenvalue weighted by Gasteiger charge is 2.32. The monoisotopic (exact) mass is 426 g/mol. The molecule has 2 fully saturated rings. The standard InChI is InChI=1S/C25H34N2O4/c1-2-3-7-18-14-25(29)31-23-15-20(10-11-21(18)23)30-17-24(28)26-16-19-8-6-13-27-12-5-4-9-22(19)27/h10-11,14-15,19,22H,2-9,12-13,16-17H2,1H3,(H,26,28)/t19-,22-/m0/s1. The SMILES string of the molecule is CCCCc1cc(=O)oc2cc(OCC(=O)NC[C@@H]3CCCN4CCCC[C@@H]34)ccc12. The fourth-order valence-corrected chi connectivity index (χ4v) is 5.13. The van der Waals surface area contributed by atoms with Gasteiger partial charge < -0.3 is 19.4 Å². The number of amides is 1. The molecule has 2 saturated heterocycles. The topological polar surface area (TPSA) is 71.8 Å². The number of piperidine rings is 2. The van der Waals surface area contributed by atoms with Crippen LogP contribution in [-0.2, 0) is 11.2 Å². The van der Waals surface area contributed by atoms with Crippen molar-refractivity contribution in [3.05, 3.63) is 40.2 Å². The van der Waals surface area contributed by atoms with Crippen LogP contribution in [0.1, 0.15) is 57.4 Å². The lowest BCUT2D eigenvalue weighted by molar-refractivity contribution is -0.123. The van der Waals surface area contributed by atoms with Gasteiger partial charge in [-0.2, -0.15) is 0 Å². The number of nitrogens with one attached hydrogen (secondary N) is 1. The predicted octanol–water partition coefficient (Wildman–Crippen LogP) is 3.90. The summed E-state index contributed by atoms with van der Waals surface area (Å²) in [7, 11) is 0. The number of unbranched alkanes of at least 4 members (excludes halogenated alkanes) is 1. The summed E-state index contributed by atoms with van der Waals surface area (Å²) in [6, 6.07) is 7.65. The fourth-order valence-electron chi connectivity index (χ4n) is 5.13. The van der Waals surface area contributed by atoms with E-state index in [0.29, 0.717) is 23.3 Å². The molecule has 6 heteroatoms. The van der Waals surface area contributed by atoms with Crippen molar-refractivity contribution in [1.29, 1.82) is 0 Å². The molecule has 31 heavy (non-hydrogen) atoms. The zero-order valence-electron chi connectivity index (χ0n) is 18.5. The molecule has 0 spiro atoms. The van der Waals surface area contributed by atoms with Gasteiger partial charge >= 0.3 is 5.63 Å². The highest BCUT2D eigenvalue weighted by molar-refractivity contribution is 5.82. The van der Waals surface area contributed by atoms with Crippen LogP contribution >= 0.6 is 0 Å². The number of nitrogens with zero attached hydrogens (tertiary/aromatic N) is 1. The van der Waals surface area contributed by atoms with Crippen LogP contribution in [0, 0.1) is 5.92 Å². The second-order valence-electron chi connectivity index (χ2n) is 8.95. The number of carbonyl (C=O) groups excluding carboxylic acids is 1. The molecular weight excluding hydrogens is 392 g/mol. The summed E-state index contributed by atoms with van der Waals surface area (Å²) < 4.78 is 11.1.